The Labute approximate surface area is 116 Å². The van der Waals surface area contributed by atoms with E-state index in [4.69, 9.17) is 21.6 Å². The van der Waals surface area contributed by atoms with E-state index in [9.17, 15) is 0 Å². The fraction of sp³-hybridized carbons (Fsp3) is 0.133. The van der Waals surface area contributed by atoms with E-state index in [1.807, 2.05) is 30.3 Å². The first-order valence-corrected chi connectivity index (χ1v) is 6.34. The molecule has 0 bridgehead atoms. The summed E-state index contributed by atoms with van der Waals surface area (Å²) in [4.78, 5) is 0. The van der Waals surface area contributed by atoms with Gasteiger partial charge in [-0.25, -0.2) is 0 Å². The molecule has 0 saturated heterocycles. The van der Waals surface area contributed by atoms with Gasteiger partial charge in [0.2, 0.25) is 0 Å². The van der Waals surface area contributed by atoms with E-state index in [1.165, 1.54) is 0 Å². The monoisotopic (exact) mass is 270 g/mol. The molecule has 3 nitrogen and oxygen atoms in total. The van der Waals surface area contributed by atoms with Gasteiger partial charge in [0, 0.05) is 5.02 Å². The van der Waals surface area contributed by atoms with Crippen molar-refractivity contribution in [2.45, 2.75) is 6.10 Å². The Morgan fingerprint density at radius 2 is 2.16 bits per heavy atom. The lowest BCUT2D eigenvalue weighted by molar-refractivity contribution is 0.210. The minimum absolute atomic E-state index is 0.0954. The number of rotatable bonds is 1. The van der Waals surface area contributed by atoms with Gasteiger partial charge in [0.15, 0.2) is 0 Å². The van der Waals surface area contributed by atoms with Gasteiger partial charge in [-0.05, 0) is 35.9 Å². The molecule has 1 atom stereocenters. The van der Waals surface area contributed by atoms with Gasteiger partial charge in [-0.2, -0.15) is 5.26 Å². The Kier molecular flexibility index (Phi) is 3.02. The van der Waals surface area contributed by atoms with Crippen LogP contribution in [-0.4, -0.2) is 6.54 Å². The fourth-order valence-electron chi connectivity index (χ4n) is 2.14. The summed E-state index contributed by atoms with van der Waals surface area (Å²) in [5, 5.41) is 12.9. The molecule has 0 radical (unpaired) electrons. The second kappa shape index (κ2) is 4.83. The summed E-state index contributed by atoms with van der Waals surface area (Å²) in [5.41, 5.74) is 2.54. The van der Waals surface area contributed by atoms with Crippen LogP contribution >= 0.6 is 11.6 Å². The summed E-state index contributed by atoms with van der Waals surface area (Å²) in [5.74, 6) is 0.781. The second-order valence-corrected chi connectivity index (χ2v) is 4.80. The largest absolute Gasteiger partial charge is 0.482 e. The Morgan fingerprint density at radius 3 is 3.00 bits per heavy atom. The van der Waals surface area contributed by atoms with Crippen molar-refractivity contribution in [3.8, 4) is 11.8 Å². The third-order valence-electron chi connectivity index (χ3n) is 3.08. The van der Waals surface area contributed by atoms with Crippen molar-refractivity contribution in [3.05, 3.63) is 58.6 Å². The maximum absolute atomic E-state index is 8.93. The molecule has 19 heavy (non-hydrogen) atoms. The van der Waals surface area contributed by atoms with Crippen LogP contribution < -0.4 is 10.1 Å². The van der Waals surface area contributed by atoms with Gasteiger partial charge in [-0.15, -0.1) is 0 Å². The van der Waals surface area contributed by atoms with Crippen molar-refractivity contribution < 1.29 is 4.74 Å². The summed E-state index contributed by atoms with van der Waals surface area (Å²) in [7, 11) is 0. The molecule has 0 saturated carbocycles. The van der Waals surface area contributed by atoms with Crippen molar-refractivity contribution in [2.75, 3.05) is 11.9 Å². The number of hydrogen-bond acceptors (Lipinski definition) is 3. The van der Waals surface area contributed by atoms with Gasteiger partial charge < -0.3 is 10.1 Å². The lowest BCUT2D eigenvalue weighted by Gasteiger charge is -2.27. The lowest BCUT2D eigenvalue weighted by atomic mass is 10.0. The van der Waals surface area contributed by atoms with Crippen LogP contribution in [0.3, 0.4) is 0 Å². The summed E-state index contributed by atoms with van der Waals surface area (Å²) < 4.78 is 5.94. The first-order chi connectivity index (χ1) is 9.26. The summed E-state index contributed by atoms with van der Waals surface area (Å²) in [6, 6.07) is 15.1. The van der Waals surface area contributed by atoms with Gasteiger partial charge >= 0.3 is 0 Å². The van der Waals surface area contributed by atoms with Gasteiger partial charge in [0.1, 0.15) is 11.9 Å². The second-order valence-electron chi connectivity index (χ2n) is 4.37. The molecule has 1 heterocycles. The van der Waals surface area contributed by atoms with Crippen LogP contribution in [0.4, 0.5) is 5.69 Å². The van der Waals surface area contributed by atoms with Crippen LogP contribution in [0.15, 0.2) is 42.5 Å². The zero-order valence-electron chi connectivity index (χ0n) is 10.1. The molecular weight excluding hydrogens is 260 g/mol. The van der Waals surface area contributed by atoms with Gasteiger partial charge in [0.05, 0.1) is 23.9 Å². The molecule has 1 aliphatic heterocycles. The molecule has 0 aliphatic carbocycles. The first-order valence-electron chi connectivity index (χ1n) is 5.96. The van der Waals surface area contributed by atoms with E-state index < -0.39 is 0 Å². The minimum atomic E-state index is -0.0954. The van der Waals surface area contributed by atoms with Gasteiger partial charge in [0.25, 0.3) is 0 Å². The van der Waals surface area contributed by atoms with Crippen LogP contribution in [0.1, 0.15) is 17.2 Å². The first kappa shape index (κ1) is 11.9. The van der Waals surface area contributed by atoms with Crippen molar-refractivity contribution in [2.24, 2.45) is 0 Å². The Bertz CT molecular complexity index is 663. The molecule has 0 aromatic heterocycles. The molecule has 94 valence electrons. The molecule has 4 heteroatoms. The van der Waals surface area contributed by atoms with Crippen LogP contribution in [-0.2, 0) is 0 Å². The number of fused-ring (bicyclic) bond motifs is 1. The average molecular weight is 271 g/mol. The van der Waals surface area contributed by atoms with E-state index in [1.54, 1.807) is 12.1 Å². The predicted octanol–water partition coefficient (Wildman–Crippen LogP) is 3.76. The molecule has 1 N–H and O–H groups in total. The van der Waals surface area contributed by atoms with Crippen LogP contribution in [0.2, 0.25) is 5.02 Å². The average Bonchev–Trinajstić information content (AvgIpc) is 2.46. The number of halogens is 1. The highest BCUT2D eigenvalue weighted by Crippen LogP contribution is 2.35. The maximum Gasteiger partial charge on any atom is 0.143 e. The lowest BCUT2D eigenvalue weighted by Crippen LogP contribution is -2.23. The third-order valence-corrected chi connectivity index (χ3v) is 3.31. The van der Waals surface area contributed by atoms with E-state index in [0.29, 0.717) is 17.1 Å². The maximum atomic E-state index is 8.93. The van der Waals surface area contributed by atoms with Crippen LogP contribution in [0.25, 0.3) is 0 Å². The molecule has 0 fully saturated rings. The number of hydrogen-bond donors (Lipinski definition) is 1. The molecule has 1 aliphatic rings. The standard InChI is InChI=1S/C15H11ClN2O/c16-12-4-5-14-13(7-12)18-9-15(19-14)11-3-1-2-10(6-11)8-17/h1-7,15,18H,9H2. The summed E-state index contributed by atoms with van der Waals surface area (Å²) in [6.45, 7) is 0.655. The van der Waals surface area contributed by atoms with Gasteiger partial charge in [-0.1, -0.05) is 23.7 Å². The third kappa shape index (κ3) is 2.35. The molecule has 2 aromatic carbocycles. The molecule has 2 aromatic rings. The van der Waals surface area contributed by atoms with E-state index in [2.05, 4.69) is 11.4 Å². The van der Waals surface area contributed by atoms with E-state index in [0.717, 1.165) is 17.0 Å². The predicted molar refractivity (Wildman–Crippen MR) is 74.5 cm³/mol. The van der Waals surface area contributed by atoms with Gasteiger partial charge in [-0.3, -0.25) is 0 Å². The number of nitrogens with zero attached hydrogens (tertiary/aromatic N) is 1. The topological polar surface area (TPSA) is 45.0 Å². The Hall–Kier alpha value is -2.18. The van der Waals surface area contributed by atoms with Crippen molar-refractivity contribution in [1.29, 1.82) is 5.26 Å². The summed E-state index contributed by atoms with van der Waals surface area (Å²) >= 11 is 5.94. The Balaban J connectivity index is 1.89. The quantitative estimate of drug-likeness (QED) is 0.858. The molecule has 3 rings (SSSR count). The van der Waals surface area contributed by atoms with Crippen molar-refractivity contribution >= 4 is 17.3 Å². The molecule has 1 unspecified atom stereocenters. The van der Waals surface area contributed by atoms with E-state index in [-0.39, 0.29) is 6.10 Å². The zero-order valence-corrected chi connectivity index (χ0v) is 10.8. The molecule has 0 amide bonds. The minimum Gasteiger partial charge on any atom is -0.482 e. The van der Waals surface area contributed by atoms with Crippen molar-refractivity contribution in [3.63, 3.8) is 0 Å². The molecular formula is C15H11ClN2O. The number of nitrogens with one attached hydrogen (secondary N) is 1. The SMILES string of the molecule is N#Cc1cccc(C2CNc3cc(Cl)ccc3O2)c1. The number of anilines is 1. The zero-order chi connectivity index (χ0) is 13.2. The van der Waals surface area contributed by atoms with Crippen molar-refractivity contribution in [1.82, 2.24) is 0 Å². The highest BCUT2D eigenvalue weighted by molar-refractivity contribution is 6.30. The fourth-order valence-corrected chi connectivity index (χ4v) is 2.31. The smallest absolute Gasteiger partial charge is 0.143 e. The highest BCUT2D eigenvalue weighted by atomic mass is 35.5. The Morgan fingerprint density at radius 1 is 1.26 bits per heavy atom. The number of ether oxygens (including phenoxy) is 1. The number of benzene rings is 2. The summed E-state index contributed by atoms with van der Waals surface area (Å²) in [6.07, 6.45) is -0.0954. The molecule has 0 spiro atoms. The number of nitriles is 1. The highest BCUT2D eigenvalue weighted by Gasteiger charge is 2.21. The van der Waals surface area contributed by atoms with Crippen LogP contribution in [0.5, 0.6) is 5.75 Å². The normalized spacial score (nSPS) is 16.7. The van der Waals surface area contributed by atoms with E-state index >= 15 is 0 Å². The van der Waals surface area contributed by atoms with Crippen LogP contribution in [0, 0.1) is 11.3 Å².